The summed E-state index contributed by atoms with van der Waals surface area (Å²) < 4.78 is 0. The number of thiazole rings is 1. The minimum atomic E-state index is 0.230. The van der Waals surface area contributed by atoms with Crippen molar-refractivity contribution in [2.24, 2.45) is 0 Å². The van der Waals surface area contributed by atoms with Crippen LogP contribution in [0.15, 0.2) is 29.8 Å². The Morgan fingerprint density at radius 1 is 1.26 bits per heavy atom. The summed E-state index contributed by atoms with van der Waals surface area (Å²) in [4.78, 5) is 8.93. The second-order valence-corrected chi connectivity index (χ2v) is 5.24. The van der Waals surface area contributed by atoms with Crippen LogP contribution in [0, 0.1) is 0 Å². The zero-order chi connectivity index (χ0) is 13.5. The predicted molar refractivity (Wildman–Crippen MR) is 81.8 cm³/mol. The molecule has 4 nitrogen and oxygen atoms in total. The van der Waals surface area contributed by atoms with Gasteiger partial charge in [-0.25, -0.2) is 9.97 Å². The molecular formula is C14H20N4S. The molecule has 0 bridgehead atoms. The molecular weight excluding hydrogens is 256 g/mol. The molecule has 2 rings (SSSR count). The third-order valence-corrected chi connectivity index (χ3v) is 3.67. The van der Waals surface area contributed by atoms with Crippen LogP contribution in [0.3, 0.4) is 0 Å². The number of rotatable bonds is 7. The van der Waals surface area contributed by atoms with Crippen molar-refractivity contribution >= 4 is 23.0 Å². The first-order valence-electron chi connectivity index (χ1n) is 6.70. The maximum atomic E-state index is 4.56. The molecule has 19 heavy (non-hydrogen) atoms. The molecule has 0 amide bonds. The van der Waals surface area contributed by atoms with Gasteiger partial charge in [-0.3, -0.25) is 0 Å². The molecule has 2 aromatic heterocycles. The molecule has 0 aliphatic carbocycles. The lowest BCUT2D eigenvalue weighted by atomic mass is 10.2. The highest BCUT2D eigenvalue weighted by molar-refractivity contribution is 7.09. The molecule has 2 aromatic rings. The van der Waals surface area contributed by atoms with Crippen molar-refractivity contribution in [1.82, 2.24) is 9.97 Å². The van der Waals surface area contributed by atoms with E-state index in [4.69, 9.17) is 0 Å². The van der Waals surface area contributed by atoms with E-state index in [1.165, 1.54) is 0 Å². The molecule has 1 atom stereocenters. The van der Waals surface area contributed by atoms with Gasteiger partial charge in [-0.05, 0) is 25.0 Å². The van der Waals surface area contributed by atoms with E-state index in [9.17, 15) is 0 Å². The van der Waals surface area contributed by atoms with Gasteiger partial charge in [0.15, 0.2) is 0 Å². The summed E-state index contributed by atoms with van der Waals surface area (Å²) in [5.74, 6) is 1.81. The average Bonchev–Trinajstić information content (AvgIpc) is 2.97. The van der Waals surface area contributed by atoms with Crippen molar-refractivity contribution in [3.05, 3.63) is 34.8 Å². The topological polar surface area (TPSA) is 49.8 Å². The van der Waals surface area contributed by atoms with Gasteiger partial charge in [-0.2, -0.15) is 0 Å². The number of pyridine rings is 1. The molecule has 0 spiro atoms. The molecule has 0 aromatic carbocycles. The molecule has 0 aliphatic rings. The lowest BCUT2D eigenvalue weighted by Crippen LogP contribution is -2.11. The molecule has 2 heterocycles. The lowest BCUT2D eigenvalue weighted by Gasteiger charge is -2.15. The van der Waals surface area contributed by atoms with Crippen LogP contribution in [-0.4, -0.2) is 16.5 Å². The molecule has 5 heteroatoms. The molecule has 2 N–H and O–H groups in total. The van der Waals surface area contributed by atoms with E-state index in [1.807, 2.05) is 29.8 Å². The van der Waals surface area contributed by atoms with Crippen LogP contribution >= 0.6 is 11.3 Å². The Hall–Kier alpha value is -1.62. The van der Waals surface area contributed by atoms with Crippen molar-refractivity contribution < 1.29 is 0 Å². The third-order valence-electron chi connectivity index (χ3n) is 2.79. The van der Waals surface area contributed by atoms with Crippen molar-refractivity contribution in [2.75, 3.05) is 17.2 Å². The summed E-state index contributed by atoms with van der Waals surface area (Å²) in [6, 6.07) is 6.23. The van der Waals surface area contributed by atoms with Gasteiger partial charge in [0.25, 0.3) is 0 Å². The highest BCUT2D eigenvalue weighted by Gasteiger charge is 2.12. The fourth-order valence-electron chi connectivity index (χ4n) is 1.79. The normalized spacial score (nSPS) is 12.1. The van der Waals surface area contributed by atoms with Gasteiger partial charge in [0, 0.05) is 18.1 Å². The van der Waals surface area contributed by atoms with E-state index in [1.54, 1.807) is 11.3 Å². The Balaban J connectivity index is 2.05. The highest BCUT2D eigenvalue weighted by atomic mass is 32.1. The third kappa shape index (κ3) is 3.92. The number of nitrogens with zero attached hydrogens (tertiary/aromatic N) is 2. The summed E-state index contributed by atoms with van der Waals surface area (Å²) in [6.45, 7) is 5.24. The van der Waals surface area contributed by atoms with E-state index in [0.29, 0.717) is 0 Å². The van der Waals surface area contributed by atoms with Crippen molar-refractivity contribution in [3.63, 3.8) is 0 Å². The maximum Gasteiger partial charge on any atom is 0.128 e. The van der Waals surface area contributed by atoms with E-state index in [2.05, 4.69) is 34.4 Å². The second-order valence-electron chi connectivity index (χ2n) is 4.31. The minimum Gasteiger partial charge on any atom is -0.370 e. The van der Waals surface area contributed by atoms with Crippen LogP contribution in [0.5, 0.6) is 0 Å². The Morgan fingerprint density at radius 2 is 2.11 bits per heavy atom. The molecule has 0 fully saturated rings. The van der Waals surface area contributed by atoms with Crippen molar-refractivity contribution in [1.29, 1.82) is 0 Å². The summed E-state index contributed by atoms with van der Waals surface area (Å²) >= 11 is 1.68. The summed E-state index contributed by atoms with van der Waals surface area (Å²) in [7, 11) is 0. The summed E-state index contributed by atoms with van der Waals surface area (Å²) in [5.41, 5.74) is 0. The first-order chi connectivity index (χ1) is 9.33. The van der Waals surface area contributed by atoms with E-state index in [0.717, 1.165) is 36.0 Å². The van der Waals surface area contributed by atoms with Crippen LogP contribution in [0.25, 0.3) is 0 Å². The van der Waals surface area contributed by atoms with Gasteiger partial charge in [-0.15, -0.1) is 11.3 Å². The number of hydrogen-bond donors (Lipinski definition) is 2. The largest absolute Gasteiger partial charge is 0.370 e. The van der Waals surface area contributed by atoms with Crippen LogP contribution < -0.4 is 10.6 Å². The molecule has 1 unspecified atom stereocenters. The Labute approximate surface area is 118 Å². The van der Waals surface area contributed by atoms with Gasteiger partial charge in [0.05, 0.1) is 6.04 Å². The zero-order valence-corrected chi connectivity index (χ0v) is 12.2. The predicted octanol–water partition coefficient (Wildman–Crippen LogP) is 3.92. The number of aromatic nitrogens is 2. The first kappa shape index (κ1) is 13.8. The van der Waals surface area contributed by atoms with Gasteiger partial charge in [-0.1, -0.05) is 19.9 Å². The molecule has 0 aliphatic heterocycles. The number of hydrogen-bond acceptors (Lipinski definition) is 5. The van der Waals surface area contributed by atoms with Crippen LogP contribution in [0.2, 0.25) is 0 Å². The monoisotopic (exact) mass is 276 g/mol. The Kier molecular flexibility index (Phi) is 5.15. The van der Waals surface area contributed by atoms with E-state index < -0.39 is 0 Å². The first-order valence-corrected chi connectivity index (χ1v) is 7.58. The van der Waals surface area contributed by atoms with Gasteiger partial charge in [0.1, 0.15) is 16.6 Å². The van der Waals surface area contributed by atoms with Crippen LogP contribution in [0.4, 0.5) is 11.6 Å². The Morgan fingerprint density at radius 3 is 2.79 bits per heavy atom. The van der Waals surface area contributed by atoms with Crippen molar-refractivity contribution in [2.45, 2.75) is 32.7 Å². The second kappa shape index (κ2) is 7.09. The summed E-state index contributed by atoms with van der Waals surface area (Å²) in [6.07, 6.45) is 3.93. The highest BCUT2D eigenvalue weighted by Crippen LogP contribution is 2.23. The fourth-order valence-corrected chi connectivity index (χ4v) is 2.56. The standard InChI is InChI=1S/C14H20N4S/c1-3-8-15-12-6-5-7-13(18-12)17-11(4-2)14-16-9-10-19-14/h5-7,9-11H,3-4,8H2,1-2H3,(H2,15,17,18). The fraction of sp³-hybridized carbons (Fsp3) is 0.429. The Bertz CT molecular complexity index is 484. The van der Waals surface area contributed by atoms with E-state index in [-0.39, 0.29) is 6.04 Å². The average molecular weight is 276 g/mol. The molecule has 0 saturated heterocycles. The molecule has 0 saturated carbocycles. The van der Waals surface area contributed by atoms with Crippen molar-refractivity contribution in [3.8, 4) is 0 Å². The lowest BCUT2D eigenvalue weighted by molar-refractivity contribution is 0.737. The molecule has 0 radical (unpaired) electrons. The SMILES string of the molecule is CCCNc1cccc(NC(CC)c2nccs2)n1. The van der Waals surface area contributed by atoms with E-state index >= 15 is 0 Å². The number of anilines is 2. The molecule has 102 valence electrons. The smallest absolute Gasteiger partial charge is 0.128 e. The number of nitrogens with one attached hydrogen (secondary N) is 2. The summed E-state index contributed by atoms with van der Waals surface area (Å²) in [5, 5.41) is 9.86. The van der Waals surface area contributed by atoms with Gasteiger partial charge >= 0.3 is 0 Å². The van der Waals surface area contributed by atoms with Crippen LogP contribution in [-0.2, 0) is 0 Å². The van der Waals surface area contributed by atoms with Crippen LogP contribution in [0.1, 0.15) is 37.7 Å². The minimum absolute atomic E-state index is 0.230. The quantitative estimate of drug-likeness (QED) is 0.804. The van der Waals surface area contributed by atoms with Gasteiger partial charge < -0.3 is 10.6 Å². The maximum absolute atomic E-state index is 4.56. The zero-order valence-electron chi connectivity index (χ0n) is 11.4. The van der Waals surface area contributed by atoms with Gasteiger partial charge in [0.2, 0.25) is 0 Å².